The van der Waals surface area contributed by atoms with Crippen LogP contribution in [0.5, 0.6) is 0 Å². The van der Waals surface area contributed by atoms with Crippen molar-refractivity contribution in [2.75, 3.05) is 6.54 Å². The minimum absolute atomic E-state index is 0.00987. The number of alkyl halides is 3. The molecule has 1 aliphatic rings. The van der Waals surface area contributed by atoms with Crippen molar-refractivity contribution in [2.24, 2.45) is 5.41 Å². The van der Waals surface area contributed by atoms with Crippen molar-refractivity contribution in [1.29, 1.82) is 0 Å². The van der Waals surface area contributed by atoms with Crippen molar-refractivity contribution in [3.63, 3.8) is 0 Å². The number of nitrogens with one attached hydrogen (secondary N) is 1. The zero-order valence-corrected chi connectivity index (χ0v) is 12.0. The van der Waals surface area contributed by atoms with Crippen LogP contribution in [-0.2, 0) is 9.59 Å². The molecule has 122 valence electrons. The molecule has 7 heteroatoms. The van der Waals surface area contributed by atoms with Crippen molar-refractivity contribution in [3.05, 3.63) is 0 Å². The Morgan fingerprint density at radius 3 is 2.24 bits per heavy atom. The van der Waals surface area contributed by atoms with E-state index in [0.29, 0.717) is 0 Å². The van der Waals surface area contributed by atoms with Gasteiger partial charge in [0.15, 0.2) is 0 Å². The molecule has 1 fully saturated rings. The molecule has 21 heavy (non-hydrogen) atoms. The molecule has 1 saturated carbocycles. The first-order valence-corrected chi connectivity index (χ1v) is 7.28. The molecule has 2 N–H and O–H groups in total. The van der Waals surface area contributed by atoms with Gasteiger partial charge < -0.3 is 10.4 Å². The molecule has 0 atom stereocenters. The summed E-state index contributed by atoms with van der Waals surface area (Å²) in [4.78, 5) is 22.7. The first kappa shape index (κ1) is 17.8. The van der Waals surface area contributed by atoms with Gasteiger partial charge >= 0.3 is 12.1 Å². The second-order valence-corrected chi connectivity index (χ2v) is 5.88. The third kappa shape index (κ3) is 7.34. The van der Waals surface area contributed by atoms with Crippen LogP contribution in [-0.4, -0.2) is 29.7 Å². The molecule has 0 saturated heterocycles. The zero-order valence-electron chi connectivity index (χ0n) is 12.0. The summed E-state index contributed by atoms with van der Waals surface area (Å²) in [6.07, 6.45) is -1.31. The van der Waals surface area contributed by atoms with Gasteiger partial charge in [0.1, 0.15) is 0 Å². The highest BCUT2D eigenvalue weighted by Gasteiger charge is 2.37. The van der Waals surface area contributed by atoms with E-state index in [-0.39, 0.29) is 38.1 Å². The molecule has 0 spiro atoms. The van der Waals surface area contributed by atoms with Crippen LogP contribution in [0.1, 0.15) is 57.8 Å². The van der Waals surface area contributed by atoms with E-state index in [1.54, 1.807) is 0 Å². The standard InChI is InChI=1S/C14H22F3NO3/c15-14(16,17)7-3-4-8-18-11(19)9-13(10-12(20)21)5-1-2-6-13/h1-10H2,(H,18,19)(H,20,21). The summed E-state index contributed by atoms with van der Waals surface area (Å²) in [5.74, 6) is -1.17. The predicted octanol–water partition coefficient (Wildman–Crippen LogP) is 3.26. The Bertz CT molecular complexity index is 363. The van der Waals surface area contributed by atoms with Crippen molar-refractivity contribution in [3.8, 4) is 0 Å². The first-order valence-electron chi connectivity index (χ1n) is 7.28. The molecule has 0 aliphatic heterocycles. The number of aliphatic carboxylic acids is 1. The number of carboxylic acid groups (broad SMARTS) is 1. The quantitative estimate of drug-likeness (QED) is 0.676. The average molecular weight is 309 g/mol. The summed E-state index contributed by atoms with van der Waals surface area (Å²) in [6, 6.07) is 0. The second kappa shape index (κ2) is 7.66. The Kier molecular flexibility index (Phi) is 6.48. The summed E-state index contributed by atoms with van der Waals surface area (Å²) >= 11 is 0. The lowest BCUT2D eigenvalue weighted by molar-refractivity contribution is -0.140. The fourth-order valence-electron chi connectivity index (χ4n) is 2.94. The molecule has 0 unspecified atom stereocenters. The number of hydrogen-bond donors (Lipinski definition) is 2. The third-order valence-corrected chi connectivity index (χ3v) is 3.94. The molecule has 0 aromatic carbocycles. The van der Waals surface area contributed by atoms with Crippen LogP contribution in [0.15, 0.2) is 0 Å². The van der Waals surface area contributed by atoms with Crippen molar-refractivity contribution in [2.45, 2.75) is 64.0 Å². The largest absolute Gasteiger partial charge is 0.481 e. The van der Waals surface area contributed by atoms with E-state index in [2.05, 4.69) is 5.32 Å². The summed E-state index contributed by atoms with van der Waals surface area (Å²) < 4.78 is 35.8. The molecule has 0 radical (unpaired) electrons. The van der Waals surface area contributed by atoms with Gasteiger partial charge in [0, 0.05) is 19.4 Å². The van der Waals surface area contributed by atoms with E-state index in [9.17, 15) is 22.8 Å². The Morgan fingerprint density at radius 2 is 1.71 bits per heavy atom. The van der Waals surface area contributed by atoms with Gasteiger partial charge in [-0.2, -0.15) is 13.2 Å². The molecular formula is C14H22F3NO3. The second-order valence-electron chi connectivity index (χ2n) is 5.88. The van der Waals surface area contributed by atoms with Crippen LogP contribution in [0, 0.1) is 5.41 Å². The number of carboxylic acids is 1. The molecule has 0 heterocycles. The topological polar surface area (TPSA) is 66.4 Å². The SMILES string of the molecule is O=C(O)CC1(CC(=O)NCCCCC(F)(F)F)CCCC1. The van der Waals surface area contributed by atoms with Gasteiger partial charge in [-0.1, -0.05) is 12.8 Å². The fraction of sp³-hybridized carbons (Fsp3) is 0.857. The van der Waals surface area contributed by atoms with Crippen LogP contribution < -0.4 is 5.32 Å². The average Bonchev–Trinajstić information content (AvgIpc) is 2.74. The Labute approximate surface area is 122 Å². The van der Waals surface area contributed by atoms with Crippen LogP contribution in [0.25, 0.3) is 0 Å². The van der Waals surface area contributed by atoms with E-state index < -0.39 is 24.0 Å². The molecule has 1 amide bonds. The van der Waals surface area contributed by atoms with E-state index in [4.69, 9.17) is 5.11 Å². The van der Waals surface area contributed by atoms with Gasteiger partial charge in [-0.25, -0.2) is 0 Å². The Morgan fingerprint density at radius 1 is 1.10 bits per heavy atom. The van der Waals surface area contributed by atoms with Gasteiger partial charge in [0.2, 0.25) is 5.91 Å². The highest BCUT2D eigenvalue weighted by atomic mass is 19.4. The van der Waals surface area contributed by atoms with E-state index in [0.717, 1.165) is 25.7 Å². The van der Waals surface area contributed by atoms with Crippen LogP contribution in [0.2, 0.25) is 0 Å². The van der Waals surface area contributed by atoms with Crippen LogP contribution >= 0.6 is 0 Å². The van der Waals surface area contributed by atoms with Gasteiger partial charge in [0.25, 0.3) is 0 Å². The lowest BCUT2D eigenvalue weighted by atomic mass is 9.79. The molecule has 0 bridgehead atoms. The van der Waals surface area contributed by atoms with Crippen molar-refractivity contribution in [1.82, 2.24) is 5.32 Å². The molecule has 4 nitrogen and oxygen atoms in total. The molecular weight excluding hydrogens is 287 g/mol. The maximum atomic E-state index is 11.9. The number of amides is 1. The summed E-state index contributed by atoms with van der Waals surface area (Å²) in [5, 5.41) is 11.5. The maximum absolute atomic E-state index is 11.9. The monoisotopic (exact) mass is 309 g/mol. The molecule has 0 aromatic rings. The van der Waals surface area contributed by atoms with Gasteiger partial charge in [-0.15, -0.1) is 0 Å². The maximum Gasteiger partial charge on any atom is 0.389 e. The fourth-order valence-corrected chi connectivity index (χ4v) is 2.94. The Balaban J connectivity index is 2.27. The zero-order chi connectivity index (χ0) is 15.9. The number of rotatable bonds is 8. The highest BCUT2D eigenvalue weighted by Crippen LogP contribution is 2.43. The van der Waals surface area contributed by atoms with Gasteiger partial charge in [-0.05, 0) is 31.1 Å². The molecule has 1 aliphatic carbocycles. The molecule has 0 aromatic heterocycles. The van der Waals surface area contributed by atoms with E-state index in [1.165, 1.54) is 0 Å². The van der Waals surface area contributed by atoms with Gasteiger partial charge in [0.05, 0.1) is 6.42 Å². The van der Waals surface area contributed by atoms with Crippen molar-refractivity contribution >= 4 is 11.9 Å². The number of unbranched alkanes of at least 4 members (excludes halogenated alkanes) is 1. The van der Waals surface area contributed by atoms with Gasteiger partial charge in [-0.3, -0.25) is 9.59 Å². The highest BCUT2D eigenvalue weighted by molar-refractivity contribution is 5.78. The summed E-state index contributed by atoms with van der Waals surface area (Å²) in [7, 11) is 0. The number of halogens is 3. The Hall–Kier alpha value is -1.27. The van der Waals surface area contributed by atoms with Crippen LogP contribution in [0.4, 0.5) is 13.2 Å². The van der Waals surface area contributed by atoms with Crippen molar-refractivity contribution < 1.29 is 27.9 Å². The molecule has 1 rings (SSSR count). The number of carbonyl (C=O) groups excluding carboxylic acids is 1. The minimum atomic E-state index is -4.15. The van der Waals surface area contributed by atoms with Crippen LogP contribution in [0.3, 0.4) is 0 Å². The normalized spacial score (nSPS) is 17.7. The number of carbonyl (C=O) groups is 2. The predicted molar refractivity (Wildman–Crippen MR) is 70.7 cm³/mol. The number of hydrogen-bond acceptors (Lipinski definition) is 2. The minimum Gasteiger partial charge on any atom is -0.481 e. The lowest BCUT2D eigenvalue weighted by Gasteiger charge is -2.26. The smallest absolute Gasteiger partial charge is 0.389 e. The van der Waals surface area contributed by atoms with E-state index >= 15 is 0 Å². The first-order chi connectivity index (χ1) is 9.72. The summed E-state index contributed by atoms with van der Waals surface area (Å²) in [6.45, 7) is 0.206. The lowest BCUT2D eigenvalue weighted by Crippen LogP contribution is -2.32. The van der Waals surface area contributed by atoms with E-state index in [1.807, 2.05) is 0 Å². The summed E-state index contributed by atoms with van der Waals surface area (Å²) in [5.41, 5.74) is -0.470. The third-order valence-electron chi connectivity index (χ3n) is 3.94.